The summed E-state index contributed by atoms with van der Waals surface area (Å²) in [5.74, 6) is -0.344. The van der Waals surface area contributed by atoms with E-state index < -0.39 is 6.10 Å². The highest BCUT2D eigenvalue weighted by molar-refractivity contribution is 5.76. The minimum Gasteiger partial charge on any atom is -0.384 e. The Bertz CT molecular complexity index is 818. The third-order valence-electron chi connectivity index (χ3n) is 3.38. The molecule has 1 unspecified atom stereocenters. The van der Waals surface area contributed by atoms with Gasteiger partial charge in [-0.15, -0.1) is 0 Å². The van der Waals surface area contributed by atoms with Crippen molar-refractivity contribution in [2.75, 3.05) is 0 Å². The molecule has 0 aliphatic carbocycles. The van der Waals surface area contributed by atoms with Gasteiger partial charge in [-0.3, -0.25) is 0 Å². The van der Waals surface area contributed by atoms with Gasteiger partial charge >= 0.3 is 5.69 Å². The van der Waals surface area contributed by atoms with Crippen LogP contribution < -0.4 is 5.69 Å². The molecule has 102 valence electrons. The zero-order valence-electron chi connectivity index (χ0n) is 10.8. The van der Waals surface area contributed by atoms with Gasteiger partial charge < -0.3 is 15.1 Å². The number of rotatable bonds is 2. The van der Waals surface area contributed by atoms with E-state index >= 15 is 0 Å². The van der Waals surface area contributed by atoms with E-state index in [1.165, 1.54) is 12.1 Å². The van der Waals surface area contributed by atoms with Gasteiger partial charge in [0.1, 0.15) is 11.9 Å². The first-order valence-corrected chi connectivity index (χ1v) is 6.20. The Labute approximate surface area is 113 Å². The molecule has 0 saturated heterocycles. The number of hydrogen-bond donors (Lipinski definition) is 3. The summed E-state index contributed by atoms with van der Waals surface area (Å²) in [6.07, 6.45) is -0.863. The Hall–Kier alpha value is -2.40. The van der Waals surface area contributed by atoms with Crippen LogP contribution in [0.4, 0.5) is 4.39 Å². The smallest absolute Gasteiger partial charge is 0.323 e. The lowest BCUT2D eigenvalue weighted by Crippen LogP contribution is -2.02. The largest absolute Gasteiger partial charge is 0.384 e. The molecule has 1 aromatic heterocycles. The molecule has 3 N–H and O–H groups in total. The van der Waals surface area contributed by atoms with E-state index in [0.717, 1.165) is 5.56 Å². The molecule has 3 aromatic rings. The van der Waals surface area contributed by atoms with Crippen molar-refractivity contribution in [1.29, 1.82) is 0 Å². The second kappa shape index (κ2) is 4.61. The van der Waals surface area contributed by atoms with Crippen molar-refractivity contribution < 1.29 is 9.50 Å². The van der Waals surface area contributed by atoms with Crippen LogP contribution in [0, 0.1) is 12.7 Å². The van der Waals surface area contributed by atoms with E-state index in [2.05, 4.69) is 9.97 Å². The molecule has 5 heteroatoms. The molecule has 0 amide bonds. The summed E-state index contributed by atoms with van der Waals surface area (Å²) >= 11 is 0. The number of aromatic amines is 2. The molecule has 0 fully saturated rings. The first-order valence-electron chi connectivity index (χ1n) is 6.20. The van der Waals surface area contributed by atoms with Crippen LogP contribution >= 0.6 is 0 Å². The van der Waals surface area contributed by atoms with Gasteiger partial charge in [0, 0.05) is 0 Å². The summed E-state index contributed by atoms with van der Waals surface area (Å²) in [6.45, 7) is 1.85. The maximum atomic E-state index is 12.9. The van der Waals surface area contributed by atoms with Gasteiger partial charge in [-0.2, -0.15) is 0 Å². The van der Waals surface area contributed by atoms with Crippen molar-refractivity contribution in [2.24, 2.45) is 0 Å². The number of aromatic nitrogens is 2. The van der Waals surface area contributed by atoms with Gasteiger partial charge in [-0.1, -0.05) is 12.1 Å². The topological polar surface area (TPSA) is 68.9 Å². The summed E-state index contributed by atoms with van der Waals surface area (Å²) in [5.41, 5.74) is 3.18. The van der Waals surface area contributed by atoms with Crippen molar-refractivity contribution in [3.63, 3.8) is 0 Å². The number of hydrogen-bond acceptors (Lipinski definition) is 2. The average molecular weight is 272 g/mol. The highest BCUT2D eigenvalue weighted by atomic mass is 19.1. The standard InChI is InChI=1S/C15H13FN2O2/c1-8-6-12-13(18-15(20)17-12)7-11(8)14(19)9-2-4-10(16)5-3-9/h2-7,14,19H,1H3,(H2,17,18,20). The predicted molar refractivity (Wildman–Crippen MR) is 74.1 cm³/mol. The minimum atomic E-state index is -0.863. The van der Waals surface area contributed by atoms with Gasteiger partial charge in [-0.05, 0) is 47.9 Å². The molecule has 0 saturated carbocycles. The molecular weight excluding hydrogens is 259 g/mol. The predicted octanol–water partition coefficient (Wildman–Crippen LogP) is 2.39. The van der Waals surface area contributed by atoms with Crippen LogP contribution in [-0.2, 0) is 0 Å². The molecular formula is C15H13FN2O2. The normalized spacial score (nSPS) is 12.8. The maximum Gasteiger partial charge on any atom is 0.323 e. The van der Waals surface area contributed by atoms with Crippen molar-refractivity contribution in [3.8, 4) is 0 Å². The van der Waals surface area contributed by atoms with E-state index in [1.807, 2.05) is 6.92 Å². The van der Waals surface area contributed by atoms with Gasteiger partial charge in [0.15, 0.2) is 0 Å². The van der Waals surface area contributed by atoms with E-state index in [-0.39, 0.29) is 11.5 Å². The maximum absolute atomic E-state index is 12.9. The highest BCUT2D eigenvalue weighted by Crippen LogP contribution is 2.27. The fourth-order valence-electron chi connectivity index (χ4n) is 2.33. The van der Waals surface area contributed by atoms with Crippen LogP contribution in [0.25, 0.3) is 11.0 Å². The van der Waals surface area contributed by atoms with E-state index in [0.29, 0.717) is 22.2 Å². The van der Waals surface area contributed by atoms with Crippen LogP contribution in [0.5, 0.6) is 0 Å². The average Bonchev–Trinajstić information content (AvgIpc) is 2.77. The van der Waals surface area contributed by atoms with E-state index in [4.69, 9.17) is 0 Å². The van der Waals surface area contributed by atoms with Crippen LogP contribution in [0.15, 0.2) is 41.2 Å². The Morgan fingerprint density at radius 1 is 1.10 bits per heavy atom. The number of aryl methyl sites for hydroxylation is 1. The van der Waals surface area contributed by atoms with Crippen LogP contribution in [0.2, 0.25) is 0 Å². The number of fused-ring (bicyclic) bond motifs is 1. The second-order valence-corrected chi connectivity index (χ2v) is 4.79. The molecule has 0 aliphatic heterocycles. The van der Waals surface area contributed by atoms with Crippen LogP contribution in [0.3, 0.4) is 0 Å². The zero-order chi connectivity index (χ0) is 14.3. The lowest BCUT2D eigenvalue weighted by atomic mass is 9.97. The summed E-state index contributed by atoms with van der Waals surface area (Å²) in [7, 11) is 0. The molecule has 1 heterocycles. The third-order valence-corrected chi connectivity index (χ3v) is 3.38. The molecule has 2 aromatic carbocycles. The molecule has 20 heavy (non-hydrogen) atoms. The highest BCUT2D eigenvalue weighted by Gasteiger charge is 2.14. The number of aliphatic hydroxyl groups is 1. The lowest BCUT2D eigenvalue weighted by molar-refractivity contribution is 0.219. The summed E-state index contributed by atoms with van der Waals surface area (Å²) in [5, 5.41) is 10.4. The van der Waals surface area contributed by atoms with Crippen LogP contribution in [-0.4, -0.2) is 15.1 Å². The van der Waals surface area contributed by atoms with Crippen molar-refractivity contribution in [1.82, 2.24) is 9.97 Å². The monoisotopic (exact) mass is 272 g/mol. The Balaban J connectivity index is 2.10. The number of benzene rings is 2. The Morgan fingerprint density at radius 2 is 1.70 bits per heavy atom. The summed E-state index contributed by atoms with van der Waals surface area (Å²) in [6, 6.07) is 9.24. The van der Waals surface area contributed by atoms with Crippen LogP contribution in [0.1, 0.15) is 22.8 Å². The fourth-order valence-corrected chi connectivity index (χ4v) is 2.33. The number of nitrogens with one attached hydrogen (secondary N) is 2. The summed E-state index contributed by atoms with van der Waals surface area (Å²) in [4.78, 5) is 16.6. The Kier molecular flexibility index (Phi) is 2.91. The van der Waals surface area contributed by atoms with Crippen molar-refractivity contribution in [2.45, 2.75) is 13.0 Å². The molecule has 0 aliphatic rings. The van der Waals surface area contributed by atoms with Crippen molar-refractivity contribution >= 4 is 11.0 Å². The third kappa shape index (κ3) is 2.12. The number of aliphatic hydroxyl groups excluding tert-OH is 1. The minimum absolute atomic E-state index is 0.284. The summed E-state index contributed by atoms with van der Waals surface area (Å²) < 4.78 is 12.9. The first-order chi connectivity index (χ1) is 9.54. The number of H-pyrrole nitrogens is 2. The van der Waals surface area contributed by atoms with Gasteiger partial charge in [-0.25, -0.2) is 9.18 Å². The number of imidazole rings is 1. The zero-order valence-corrected chi connectivity index (χ0v) is 10.8. The molecule has 3 rings (SSSR count). The molecule has 0 radical (unpaired) electrons. The Morgan fingerprint density at radius 3 is 2.35 bits per heavy atom. The van der Waals surface area contributed by atoms with Gasteiger partial charge in [0.05, 0.1) is 11.0 Å². The van der Waals surface area contributed by atoms with Gasteiger partial charge in [0.25, 0.3) is 0 Å². The van der Waals surface area contributed by atoms with E-state index in [1.54, 1.807) is 24.3 Å². The molecule has 0 spiro atoms. The first kappa shape index (κ1) is 12.6. The van der Waals surface area contributed by atoms with E-state index in [9.17, 15) is 14.3 Å². The molecule has 1 atom stereocenters. The molecule has 0 bridgehead atoms. The SMILES string of the molecule is Cc1cc2[nH]c(=O)[nH]c2cc1C(O)c1ccc(F)cc1. The quantitative estimate of drug-likeness (QED) is 0.670. The van der Waals surface area contributed by atoms with Crippen molar-refractivity contribution in [3.05, 3.63) is 69.4 Å². The van der Waals surface area contributed by atoms with Gasteiger partial charge in [0.2, 0.25) is 0 Å². The second-order valence-electron chi connectivity index (χ2n) is 4.79. The number of halogens is 1. The molecule has 4 nitrogen and oxygen atoms in total. The lowest BCUT2D eigenvalue weighted by Gasteiger charge is -2.14. The fraction of sp³-hybridized carbons (Fsp3) is 0.133.